The van der Waals surface area contributed by atoms with Gasteiger partial charge < -0.3 is 4.74 Å². The number of ether oxygens (including phenoxy) is 1. The third-order valence-electron chi connectivity index (χ3n) is 3.17. The van der Waals surface area contributed by atoms with Crippen LogP contribution in [0.25, 0.3) is 0 Å². The van der Waals surface area contributed by atoms with E-state index in [0.717, 1.165) is 17.1 Å². The van der Waals surface area contributed by atoms with Crippen LogP contribution in [0, 0.1) is 0 Å². The molecule has 3 heterocycles. The lowest BCUT2D eigenvalue weighted by Gasteiger charge is -2.27. The zero-order valence-electron chi connectivity index (χ0n) is 10.4. The highest BCUT2D eigenvalue weighted by Gasteiger charge is 2.42. The molecule has 0 bridgehead atoms. The molecule has 0 aliphatic heterocycles. The van der Waals surface area contributed by atoms with Gasteiger partial charge in [0.25, 0.3) is 0 Å². The number of rotatable bonds is 5. The van der Waals surface area contributed by atoms with Crippen LogP contribution >= 0.6 is 0 Å². The van der Waals surface area contributed by atoms with Crippen LogP contribution in [0.15, 0.2) is 36.8 Å². The molecule has 0 aromatic carbocycles. The number of aromatic amines is 3. The first-order chi connectivity index (χ1) is 9.38. The van der Waals surface area contributed by atoms with Crippen LogP contribution in [0.3, 0.4) is 0 Å². The predicted molar refractivity (Wildman–Crippen MR) is 67.5 cm³/mol. The molecule has 3 N–H and O–H groups in total. The lowest BCUT2D eigenvalue weighted by Crippen LogP contribution is -2.36. The third kappa shape index (κ3) is 1.75. The van der Waals surface area contributed by atoms with Crippen LogP contribution in [0.1, 0.15) is 17.1 Å². The second-order valence-corrected chi connectivity index (χ2v) is 4.22. The van der Waals surface area contributed by atoms with Crippen LogP contribution in [-0.2, 0) is 10.2 Å². The largest absolute Gasteiger partial charge is 0.383 e. The predicted octanol–water partition coefficient (Wildman–Crippen LogP) is 0.837. The zero-order valence-corrected chi connectivity index (χ0v) is 10.4. The van der Waals surface area contributed by atoms with Crippen molar-refractivity contribution < 1.29 is 4.74 Å². The molecule has 0 amide bonds. The standard InChI is InChI=1S/C12H14N6O/c1-19-8-12(9-2-5-13-16-9,10-3-6-14-17-10)11-4-7-15-18-11/h2-7H,8H2,1H3,(H,13,16)(H,14,17)(H,15,18). The molecular weight excluding hydrogens is 244 g/mol. The van der Waals surface area contributed by atoms with Gasteiger partial charge in [-0.05, 0) is 18.2 Å². The van der Waals surface area contributed by atoms with Crippen molar-refractivity contribution in [1.29, 1.82) is 0 Å². The second-order valence-electron chi connectivity index (χ2n) is 4.22. The summed E-state index contributed by atoms with van der Waals surface area (Å²) < 4.78 is 5.42. The van der Waals surface area contributed by atoms with Gasteiger partial charge in [0, 0.05) is 25.7 Å². The van der Waals surface area contributed by atoms with Gasteiger partial charge >= 0.3 is 0 Å². The minimum Gasteiger partial charge on any atom is -0.383 e. The van der Waals surface area contributed by atoms with Crippen LogP contribution in [0.2, 0.25) is 0 Å². The maximum Gasteiger partial charge on any atom is 0.125 e. The Morgan fingerprint density at radius 1 is 0.895 bits per heavy atom. The lowest BCUT2D eigenvalue weighted by molar-refractivity contribution is 0.158. The number of nitrogens with zero attached hydrogens (tertiary/aromatic N) is 3. The normalized spacial score (nSPS) is 11.8. The van der Waals surface area contributed by atoms with E-state index in [1.54, 1.807) is 25.7 Å². The van der Waals surface area contributed by atoms with E-state index >= 15 is 0 Å². The Hall–Kier alpha value is -2.41. The maximum absolute atomic E-state index is 5.42. The summed E-state index contributed by atoms with van der Waals surface area (Å²) in [4.78, 5) is 0. The van der Waals surface area contributed by atoms with E-state index in [1.165, 1.54) is 0 Å². The molecule has 0 saturated carbocycles. The number of hydrogen-bond donors (Lipinski definition) is 3. The highest BCUT2D eigenvalue weighted by atomic mass is 16.5. The van der Waals surface area contributed by atoms with E-state index in [-0.39, 0.29) is 0 Å². The van der Waals surface area contributed by atoms with E-state index in [9.17, 15) is 0 Å². The van der Waals surface area contributed by atoms with Gasteiger partial charge in [-0.3, -0.25) is 15.3 Å². The van der Waals surface area contributed by atoms with Gasteiger partial charge in [-0.25, -0.2) is 0 Å². The fourth-order valence-electron chi connectivity index (χ4n) is 2.33. The molecule has 0 saturated heterocycles. The first-order valence-electron chi connectivity index (χ1n) is 5.87. The minimum absolute atomic E-state index is 0.396. The molecule has 3 rings (SSSR count). The molecule has 3 aromatic heterocycles. The van der Waals surface area contributed by atoms with Crippen molar-refractivity contribution in [3.63, 3.8) is 0 Å². The first-order valence-corrected chi connectivity index (χ1v) is 5.87. The number of nitrogens with one attached hydrogen (secondary N) is 3. The molecule has 0 radical (unpaired) electrons. The number of aromatic nitrogens is 6. The molecule has 7 nitrogen and oxygen atoms in total. The van der Waals surface area contributed by atoms with Gasteiger partial charge in [-0.1, -0.05) is 0 Å². The lowest BCUT2D eigenvalue weighted by atomic mass is 9.78. The molecule has 19 heavy (non-hydrogen) atoms. The van der Waals surface area contributed by atoms with Gasteiger partial charge in [-0.15, -0.1) is 0 Å². The van der Waals surface area contributed by atoms with E-state index < -0.39 is 5.41 Å². The number of methoxy groups -OCH3 is 1. The molecule has 3 aromatic rings. The Labute approximate surface area is 109 Å². The Balaban J connectivity index is 2.24. The quantitative estimate of drug-likeness (QED) is 0.632. The summed E-state index contributed by atoms with van der Waals surface area (Å²) in [6.07, 6.45) is 5.33. The average Bonchev–Trinajstić information content (AvgIpc) is 3.18. The molecule has 0 atom stereocenters. The maximum atomic E-state index is 5.42. The molecule has 7 heteroatoms. The van der Waals surface area contributed by atoms with E-state index in [2.05, 4.69) is 30.6 Å². The summed E-state index contributed by atoms with van der Waals surface area (Å²) in [5, 5.41) is 21.4. The molecule has 0 unspecified atom stereocenters. The number of H-pyrrole nitrogens is 3. The topological polar surface area (TPSA) is 95.3 Å². The average molecular weight is 258 g/mol. The van der Waals surface area contributed by atoms with Crippen LogP contribution < -0.4 is 0 Å². The van der Waals surface area contributed by atoms with Crippen molar-refractivity contribution >= 4 is 0 Å². The highest BCUT2D eigenvalue weighted by molar-refractivity contribution is 5.41. The summed E-state index contributed by atoms with van der Waals surface area (Å²) in [6.45, 7) is 0.396. The first kappa shape index (κ1) is 11.7. The SMILES string of the molecule is COCC(c1cc[nH]n1)(c1cc[nH]n1)c1cc[nH]n1. The van der Waals surface area contributed by atoms with Gasteiger partial charge in [0.2, 0.25) is 0 Å². The van der Waals surface area contributed by atoms with Crippen LogP contribution in [0.5, 0.6) is 0 Å². The monoisotopic (exact) mass is 258 g/mol. The second kappa shape index (κ2) is 4.69. The Morgan fingerprint density at radius 3 is 1.58 bits per heavy atom. The van der Waals surface area contributed by atoms with Crippen molar-refractivity contribution in [3.8, 4) is 0 Å². The Bertz CT molecular complexity index is 515. The fraction of sp³-hybridized carbons (Fsp3) is 0.250. The van der Waals surface area contributed by atoms with Gasteiger partial charge in [0.05, 0.1) is 23.7 Å². The molecule has 0 spiro atoms. The molecule has 98 valence electrons. The zero-order chi connectivity index (χ0) is 13.1. The van der Waals surface area contributed by atoms with E-state index in [0.29, 0.717) is 6.61 Å². The number of hydrogen-bond acceptors (Lipinski definition) is 4. The third-order valence-corrected chi connectivity index (χ3v) is 3.17. The van der Waals surface area contributed by atoms with Crippen molar-refractivity contribution in [2.75, 3.05) is 13.7 Å². The van der Waals surface area contributed by atoms with Crippen molar-refractivity contribution in [2.45, 2.75) is 5.41 Å². The fourth-order valence-corrected chi connectivity index (χ4v) is 2.33. The van der Waals surface area contributed by atoms with Gasteiger partial charge in [0.15, 0.2) is 0 Å². The smallest absolute Gasteiger partial charge is 0.125 e. The summed E-state index contributed by atoms with van der Waals surface area (Å²) in [5.41, 5.74) is 1.81. The molecule has 0 aliphatic rings. The summed E-state index contributed by atoms with van der Waals surface area (Å²) in [6, 6.07) is 5.72. The van der Waals surface area contributed by atoms with Gasteiger partial charge in [-0.2, -0.15) is 15.3 Å². The summed E-state index contributed by atoms with van der Waals surface area (Å²) in [7, 11) is 1.65. The summed E-state index contributed by atoms with van der Waals surface area (Å²) >= 11 is 0. The van der Waals surface area contributed by atoms with Crippen LogP contribution in [-0.4, -0.2) is 44.3 Å². The Kier molecular flexibility index (Phi) is 2.88. The summed E-state index contributed by atoms with van der Waals surface area (Å²) in [5.74, 6) is 0. The highest BCUT2D eigenvalue weighted by Crippen LogP contribution is 2.35. The van der Waals surface area contributed by atoms with Gasteiger partial charge in [0.1, 0.15) is 5.41 Å². The molecule has 0 fully saturated rings. The van der Waals surface area contributed by atoms with Crippen molar-refractivity contribution in [3.05, 3.63) is 53.9 Å². The van der Waals surface area contributed by atoms with Crippen molar-refractivity contribution in [1.82, 2.24) is 30.6 Å². The van der Waals surface area contributed by atoms with Crippen molar-refractivity contribution in [2.24, 2.45) is 0 Å². The van der Waals surface area contributed by atoms with E-state index in [1.807, 2.05) is 18.2 Å². The van der Waals surface area contributed by atoms with Crippen LogP contribution in [0.4, 0.5) is 0 Å². The Morgan fingerprint density at radius 2 is 1.32 bits per heavy atom. The van der Waals surface area contributed by atoms with E-state index in [4.69, 9.17) is 4.74 Å². The molecule has 0 aliphatic carbocycles. The minimum atomic E-state index is -0.630. The molecular formula is C12H14N6O.